The second-order valence-electron chi connectivity index (χ2n) is 7.96. The Morgan fingerprint density at radius 3 is 2.84 bits per heavy atom. The Kier molecular flexibility index (Phi) is 4.90. The summed E-state index contributed by atoms with van der Waals surface area (Å²) in [4.78, 5) is 41.3. The molecule has 3 aromatic rings. The molecule has 158 valence electrons. The van der Waals surface area contributed by atoms with Crippen LogP contribution < -0.4 is 16.0 Å². The molecule has 31 heavy (non-hydrogen) atoms. The Bertz CT molecular complexity index is 1220. The molecular weight excluding hydrogens is 416 g/mol. The van der Waals surface area contributed by atoms with Crippen LogP contribution in [0.4, 0.5) is 5.69 Å². The Morgan fingerprint density at radius 2 is 1.97 bits per heavy atom. The highest BCUT2D eigenvalue weighted by atomic mass is 35.5. The highest BCUT2D eigenvalue weighted by molar-refractivity contribution is 6.35. The molecular formula is C23H21ClN4O3. The average Bonchev–Trinajstić information content (AvgIpc) is 3.09. The number of carbonyl (C=O) groups excluding carboxylic acids is 3. The van der Waals surface area contributed by atoms with E-state index in [1.54, 1.807) is 24.3 Å². The summed E-state index contributed by atoms with van der Waals surface area (Å²) < 4.78 is 0. The normalized spacial score (nSPS) is 20.3. The summed E-state index contributed by atoms with van der Waals surface area (Å²) in [5, 5.41) is 10.2. The first kappa shape index (κ1) is 19.6. The number of hydrogen-bond donors (Lipinski definition) is 4. The number of aryl methyl sites for hydroxylation is 1. The third-order valence-corrected chi connectivity index (χ3v) is 6.28. The number of nitrogens with one attached hydrogen (secondary N) is 4. The third-order valence-electron chi connectivity index (χ3n) is 5.97. The van der Waals surface area contributed by atoms with Crippen molar-refractivity contribution in [2.24, 2.45) is 0 Å². The van der Waals surface area contributed by atoms with Gasteiger partial charge in [-0.3, -0.25) is 14.4 Å². The maximum Gasteiger partial charge on any atom is 0.254 e. The maximum absolute atomic E-state index is 12.8. The van der Waals surface area contributed by atoms with Gasteiger partial charge in [0.05, 0.1) is 34.3 Å². The van der Waals surface area contributed by atoms with Crippen LogP contribution >= 0.6 is 11.6 Å². The number of aromatic nitrogens is 1. The number of H-pyrrole nitrogens is 1. The van der Waals surface area contributed by atoms with E-state index in [0.29, 0.717) is 16.3 Å². The predicted octanol–water partition coefficient (Wildman–Crippen LogP) is 3.46. The molecule has 0 saturated heterocycles. The van der Waals surface area contributed by atoms with E-state index in [9.17, 15) is 14.4 Å². The molecule has 1 aliphatic carbocycles. The molecule has 0 spiro atoms. The van der Waals surface area contributed by atoms with Crippen LogP contribution in [0.2, 0.25) is 5.02 Å². The zero-order valence-corrected chi connectivity index (χ0v) is 17.4. The lowest BCUT2D eigenvalue weighted by atomic mass is 9.91. The van der Waals surface area contributed by atoms with Crippen molar-refractivity contribution in [1.29, 1.82) is 0 Å². The van der Waals surface area contributed by atoms with E-state index in [4.69, 9.17) is 11.6 Å². The van der Waals surface area contributed by atoms with Gasteiger partial charge in [0.2, 0.25) is 11.8 Å². The van der Waals surface area contributed by atoms with E-state index in [1.165, 1.54) is 5.56 Å². The summed E-state index contributed by atoms with van der Waals surface area (Å²) in [6.07, 6.45) is 2.50. The number of benzene rings is 2. The monoisotopic (exact) mass is 436 g/mol. The zero-order chi connectivity index (χ0) is 21.5. The van der Waals surface area contributed by atoms with Crippen molar-refractivity contribution in [3.8, 4) is 0 Å². The highest BCUT2D eigenvalue weighted by Gasteiger charge is 2.31. The Morgan fingerprint density at radius 1 is 1.13 bits per heavy atom. The summed E-state index contributed by atoms with van der Waals surface area (Å²) >= 11 is 6.34. The van der Waals surface area contributed by atoms with Crippen molar-refractivity contribution in [3.05, 3.63) is 64.3 Å². The average molecular weight is 437 g/mol. The molecule has 1 aromatic heterocycles. The lowest BCUT2D eigenvalue weighted by Crippen LogP contribution is -2.45. The minimum atomic E-state index is -0.944. The standard InChI is InChI=1S/C23H21ClN4O3/c24-15-8-3-6-12-13-7-4-10-17(21(13)28-20(12)15)25-19(29)11-18-23(31)26-16-9-2-1-5-14(16)22(30)27-18/h1-3,5-6,8-9,17-18,28H,4,7,10-11H2,(H,25,29)(H,26,31)(H,27,30)/t17-,18+/m1/s1. The van der Waals surface area contributed by atoms with Gasteiger partial charge in [-0.1, -0.05) is 35.9 Å². The first-order valence-electron chi connectivity index (χ1n) is 10.3. The van der Waals surface area contributed by atoms with E-state index in [1.807, 2.05) is 18.2 Å². The summed E-state index contributed by atoms with van der Waals surface area (Å²) in [6, 6.07) is 11.4. The molecule has 0 radical (unpaired) electrons. The van der Waals surface area contributed by atoms with Crippen LogP contribution in [-0.2, 0) is 16.0 Å². The number of fused-ring (bicyclic) bond motifs is 4. The molecule has 2 atom stereocenters. The van der Waals surface area contributed by atoms with Gasteiger partial charge in [0.1, 0.15) is 6.04 Å². The number of aromatic amines is 1. The Balaban J connectivity index is 1.33. The second kappa shape index (κ2) is 7.74. The van der Waals surface area contributed by atoms with Gasteiger partial charge in [-0.05, 0) is 43.0 Å². The highest BCUT2D eigenvalue weighted by Crippen LogP contribution is 2.37. The van der Waals surface area contributed by atoms with Crippen LogP contribution in [0.1, 0.15) is 46.9 Å². The zero-order valence-electron chi connectivity index (χ0n) is 16.6. The summed E-state index contributed by atoms with van der Waals surface area (Å²) in [5.41, 5.74) is 3.84. The fraction of sp³-hybridized carbons (Fsp3) is 0.261. The van der Waals surface area contributed by atoms with Gasteiger partial charge in [0, 0.05) is 11.1 Å². The van der Waals surface area contributed by atoms with Crippen LogP contribution in [-0.4, -0.2) is 28.7 Å². The first-order chi connectivity index (χ1) is 15.0. The number of halogens is 1. The quantitative estimate of drug-likeness (QED) is 0.505. The lowest BCUT2D eigenvalue weighted by Gasteiger charge is -2.24. The van der Waals surface area contributed by atoms with Crippen molar-refractivity contribution < 1.29 is 14.4 Å². The molecule has 3 amide bonds. The lowest BCUT2D eigenvalue weighted by molar-refractivity contribution is -0.126. The number of carbonyl (C=O) groups is 3. The Labute approximate surface area is 183 Å². The van der Waals surface area contributed by atoms with E-state index in [2.05, 4.69) is 20.9 Å². The molecule has 0 fully saturated rings. The molecule has 0 unspecified atom stereocenters. The van der Waals surface area contributed by atoms with E-state index in [0.717, 1.165) is 35.9 Å². The minimum Gasteiger partial charge on any atom is -0.355 e. The molecule has 8 heteroatoms. The van der Waals surface area contributed by atoms with Crippen molar-refractivity contribution >= 4 is 45.9 Å². The Hall–Kier alpha value is -3.32. The summed E-state index contributed by atoms with van der Waals surface area (Å²) in [6.45, 7) is 0. The van der Waals surface area contributed by atoms with Gasteiger partial charge in [-0.15, -0.1) is 0 Å². The number of rotatable bonds is 3. The van der Waals surface area contributed by atoms with E-state index >= 15 is 0 Å². The molecule has 0 saturated carbocycles. The number of para-hydroxylation sites is 2. The number of anilines is 1. The van der Waals surface area contributed by atoms with Gasteiger partial charge in [-0.25, -0.2) is 0 Å². The first-order valence-corrected chi connectivity index (χ1v) is 10.7. The minimum absolute atomic E-state index is 0.140. The van der Waals surface area contributed by atoms with Crippen LogP contribution in [0.5, 0.6) is 0 Å². The molecule has 1 aliphatic heterocycles. The van der Waals surface area contributed by atoms with E-state index in [-0.39, 0.29) is 24.3 Å². The fourth-order valence-corrected chi connectivity index (χ4v) is 4.71. The van der Waals surface area contributed by atoms with Gasteiger partial charge >= 0.3 is 0 Å². The van der Waals surface area contributed by atoms with Crippen molar-refractivity contribution in [2.75, 3.05) is 5.32 Å². The van der Waals surface area contributed by atoms with Gasteiger partial charge in [-0.2, -0.15) is 0 Å². The number of hydrogen-bond acceptors (Lipinski definition) is 3. The van der Waals surface area contributed by atoms with Gasteiger partial charge in [0.25, 0.3) is 5.91 Å². The second-order valence-corrected chi connectivity index (χ2v) is 8.36. The van der Waals surface area contributed by atoms with Crippen LogP contribution in [0.3, 0.4) is 0 Å². The smallest absolute Gasteiger partial charge is 0.254 e. The largest absolute Gasteiger partial charge is 0.355 e. The summed E-state index contributed by atoms with van der Waals surface area (Å²) in [5.74, 6) is -1.08. The third kappa shape index (κ3) is 3.55. The molecule has 2 heterocycles. The SMILES string of the molecule is O=C(C[C@@H]1NC(=O)c2ccccc2NC1=O)N[C@@H]1CCCc2c1[nH]c1c(Cl)cccc21. The predicted molar refractivity (Wildman–Crippen MR) is 118 cm³/mol. The van der Waals surface area contributed by atoms with E-state index < -0.39 is 11.9 Å². The van der Waals surface area contributed by atoms with Crippen LogP contribution in [0.15, 0.2) is 42.5 Å². The van der Waals surface area contributed by atoms with Gasteiger partial charge in [0.15, 0.2) is 0 Å². The van der Waals surface area contributed by atoms with Crippen molar-refractivity contribution in [1.82, 2.24) is 15.6 Å². The molecule has 7 nitrogen and oxygen atoms in total. The molecule has 2 aliphatic rings. The molecule has 4 N–H and O–H groups in total. The maximum atomic E-state index is 12.8. The summed E-state index contributed by atoms with van der Waals surface area (Å²) in [7, 11) is 0. The topological polar surface area (TPSA) is 103 Å². The van der Waals surface area contributed by atoms with Crippen molar-refractivity contribution in [3.63, 3.8) is 0 Å². The van der Waals surface area contributed by atoms with Crippen molar-refractivity contribution in [2.45, 2.75) is 37.8 Å². The molecule has 0 bridgehead atoms. The van der Waals surface area contributed by atoms with Gasteiger partial charge < -0.3 is 20.9 Å². The molecule has 2 aromatic carbocycles. The number of amides is 3. The molecule has 5 rings (SSSR count). The van der Waals surface area contributed by atoms with Crippen LogP contribution in [0.25, 0.3) is 10.9 Å². The van der Waals surface area contributed by atoms with Crippen LogP contribution in [0, 0.1) is 0 Å². The fourth-order valence-electron chi connectivity index (χ4n) is 4.49.